The summed E-state index contributed by atoms with van der Waals surface area (Å²) in [5.74, 6) is 0. The third-order valence-electron chi connectivity index (χ3n) is 22.7. The number of para-hydroxylation sites is 2. The minimum Gasteiger partial charge on any atom is -0.310 e. The van der Waals surface area contributed by atoms with Crippen molar-refractivity contribution < 1.29 is 0 Å². The van der Waals surface area contributed by atoms with Crippen LogP contribution in [0, 0.1) is 0 Å². The highest BCUT2D eigenvalue weighted by molar-refractivity contribution is 7.00. The van der Waals surface area contributed by atoms with E-state index in [1.807, 2.05) is 0 Å². The van der Waals surface area contributed by atoms with Gasteiger partial charge in [-0.05, 0) is 179 Å². The molecule has 2 aliphatic heterocycles. The lowest BCUT2D eigenvalue weighted by molar-refractivity contribution is 0.590. The standard InChI is InChI=1S/C102H83BN4/c1-100(2,3)74-58-83(68-36-20-12-21-37-68)98(84(59-74)69-38-22-13-23-39-69)106-93-64-77(104-89-46-30-28-44-79(89)81-52-48-72(56-91(81)104)66-32-16-10-17-33-66)50-54-87(93)103-88-55-51-78(105-90-47-31-29-45-80(90)82-53-49-73(57-92(82)105)67-34-18-11-19-35-67)65-94(88)107(96-63-76(102(7,8)9)62-95(106)97(96)103)99-85(70-40-24-14-25-41-70)60-75(101(4,5)6)61-86(99)71-42-26-15-27-43-71/h10-65H,1-9H3. The van der Waals surface area contributed by atoms with Crippen LogP contribution in [0.15, 0.2) is 340 Å². The van der Waals surface area contributed by atoms with E-state index < -0.39 is 0 Å². The van der Waals surface area contributed by atoms with Crippen molar-refractivity contribution in [1.82, 2.24) is 9.13 Å². The van der Waals surface area contributed by atoms with Crippen molar-refractivity contribution in [2.24, 2.45) is 0 Å². The summed E-state index contributed by atoms with van der Waals surface area (Å²) in [6, 6.07) is 129. The number of fused-ring (bicyclic) bond motifs is 10. The lowest BCUT2D eigenvalue weighted by atomic mass is 9.33. The van der Waals surface area contributed by atoms with Crippen LogP contribution in [0.2, 0.25) is 0 Å². The third kappa shape index (κ3) is 11.0. The van der Waals surface area contributed by atoms with E-state index in [9.17, 15) is 0 Å². The van der Waals surface area contributed by atoms with Crippen molar-refractivity contribution in [3.63, 3.8) is 0 Å². The summed E-state index contributed by atoms with van der Waals surface area (Å²) in [5.41, 5.74) is 34.4. The Kier molecular flexibility index (Phi) is 15.4. The Bertz CT molecular complexity index is 5850. The van der Waals surface area contributed by atoms with Crippen LogP contribution in [0.1, 0.15) is 79.0 Å². The molecule has 2 aromatic heterocycles. The smallest absolute Gasteiger partial charge is 0.252 e. The predicted octanol–water partition coefficient (Wildman–Crippen LogP) is 25.9. The van der Waals surface area contributed by atoms with Gasteiger partial charge in [-0.15, -0.1) is 0 Å². The molecule has 0 aliphatic carbocycles. The maximum atomic E-state index is 2.74. The number of aromatic nitrogens is 2. The minimum atomic E-state index is -0.345. The predicted molar refractivity (Wildman–Crippen MR) is 458 cm³/mol. The van der Waals surface area contributed by atoms with Gasteiger partial charge >= 0.3 is 0 Å². The van der Waals surface area contributed by atoms with Crippen LogP contribution in [-0.2, 0) is 16.2 Å². The summed E-state index contributed by atoms with van der Waals surface area (Å²) in [6.07, 6.45) is 0. The van der Waals surface area contributed by atoms with E-state index in [1.165, 1.54) is 99.1 Å². The first-order valence-electron chi connectivity index (χ1n) is 37.8. The fraction of sp³-hybridized carbons (Fsp3) is 0.118. The molecule has 4 nitrogen and oxygen atoms in total. The summed E-state index contributed by atoms with van der Waals surface area (Å²) in [6.45, 7) is 21.1. The fourth-order valence-electron chi connectivity index (χ4n) is 17.2. The van der Waals surface area contributed by atoms with E-state index >= 15 is 0 Å². The summed E-state index contributed by atoms with van der Waals surface area (Å²) in [7, 11) is 0. The summed E-state index contributed by atoms with van der Waals surface area (Å²) < 4.78 is 5.08. The van der Waals surface area contributed by atoms with Crippen molar-refractivity contribution in [3.05, 3.63) is 356 Å². The Balaban J connectivity index is 0.993. The van der Waals surface area contributed by atoms with Crippen molar-refractivity contribution >= 4 is 101 Å². The average Bonchev–Trinajstić information content (AvgIpc) is 1.09. The lowest BCUT2D eigenvalue weighted by Gasteiger charge is -2.47. The van der Waals surface area contributed by atoms with E-state index in [0.29, 0.717) is 0 Å². The van der Waals surface area contributed by atoms with Crippen LogP contribution in [0.5, 0.6) is 0 Å². The van der Waals surface area contributed by atoms with Gasteiger partial charge in [0, 0.05) is 77.9 Å². The molecular weight excluding hydrogens is 1290 g/mol. The first kappa shape index (κ1) is 65.3. The van der Waals surface area contributed by atoms with Crippen molar-refractivity contribution in [2.45, 2.75) is 78.6 Å². The molecule has 0 bridgehead atoms. The molecule has 0 unspecified atom stereocenters. The van der Waals surface area contributed by atoms with E-state index in [1.54, 1.807) is 0 Å². The highest BCUT2D eigenvalue weighted by Gasteiger charge is 2.47. The first-order valence-corrected chi connectivity index (χ1v) is 37.8. The summed E-state index contributed by atoms with van der Waals surface area (Å²) in [5, 5.41) is 4.86. The van der Waals surface area contributed by atoms with Crippen LogP contribution in [0.25, 0.3) is 122 Å². The van der Waals surface area contributed by atoms with Gasteiger partial charge in [0.1, 0.15) is 0 Å². The van der Waals surface area contributed by atoms with Gasteiger partial charge in [0.15, 0.2) is 0 Å². The Morgan fingerprint density at radius 3 is 0.841 bits per heavy atom. The molecule has 4 heterocycles. The monoisotopic (exact) mass is 1370 g/mol. The number of rotatable bonds is 10. The van der Waals surface area contributed by atoms with Crippen LogP contribution >= 0.6 is 0 Å². The Hall–Kier alpha value is -12.4. The molecule has 0 saturated heterocycles. The first-order chi connectivity index (χ1) is 52.0. The molecule has 0 N–H and O–H groups in total. The van der Waals surface area contributed by atoms with Gasteiger partial charge < -0.3 is 18.9 Å². The number of benzene rings is 15. The summed E-state index contributed by atoms with van der Waals surface area (Å²) >= 11 is 0. The quantitative estimate of drug-likeness (QED) is 0.127. The van der Waals surface area contributed by atoms with Gasteiger partial charge in [0.2, 0.25) is 0 Å². The van der Waals surface area contributed by atoms with E-state index in [2.05, 4.69) is 421 Å². The molecule has 19 rings (SSSR count). The van der Waals surface area contributed by atoms with Crippen LogP contribution in [-0.4, -0.2) is 15.8 Å². The fourth-order valence-corrected chi connectivity index (χ4v) is 17.2. The molecule has 107 heavy (non-hydrogen) atoms. The largest absolute Gasteiger partial charge is 0.310 e. The zero-order chi connectivity index (χ0) is 72.6. The SMILES string of the molecule is CC(C)(C)c1cc(-c2ccccc2)c(N2c3cc(-n4c5ccccc5c5ccc(-c6ccccc6)cc54)ccc3B3c4ccc(-n5c6ccccc6c6ccc(-c7ccccc7)cc65)cc4N(c4c(-c5ccccc5)cc(C(C)(C)C)cc4-c4ccccc4)c4cc(C(C)(C)C)cc2c43)c(-c2ccccc2)c1. The number of hydrogen-bond donors (Lipinski definition) is 0. The Labute approximate surface area is 628 Å². The Morgan fingerprint density at radius 1 is 0.224 bits per heavy atom. The number of nitrogens with zero attached hydrogens (tertiary/aromatic N) is 4. The van der Waals surface area contributed by atoms with E-state index in [-0.39, 0.29) is 23.0 Å². The number of hydrogen-bond acceptors (Lipinski definition) is 2. The Morgan fingerprint density at radius 2 is 0.514 bits per heavy atom. The average molecular weight is 1380 g/mol. The molecule has 15 aromatic carbocycles. The molecule has 2 aliphatic rings. The van der Waals surface area contributed by atoms with Gasteiger partial charge in [-0.1, -0.05) is 317 Å². The molecule has 0 spiro atoms. The summed E-state index contributed by atoms with van der Waals surface area (Å²) in [4.78, 5) is 5.48. The normalized spacial score (nSPS) is 12.9. The lowest BCUT2D eigenvalue weighted by Crippen LogP contribution is -2.61. The molecule has 0 amide bonds. The highest BCUT2D eigenvalue weighted by Crippen LogP contribution is 2.56. The second kappa shape index (κ2) is 25.1. The molecule has 0 fully saturated rings. The van der Waals surface area contributed by atoms with Gasteiger partial charge in [-0.3, -0.25) is 0 Å². The molecule has 5 heteroatoms. The molecule has 0 saturated carbocycles. The zero-order valence-corrected chi connectivity index (χ0v) is 62.2. The second-order valence-corrected chi connectivity index (χ2v) is 32.5. The van der Waals surface area contributed by atoms with Crippen LogP contribution < -0.4 is 26.2 Å². The van der Waals surface area contributed by atoms with Crippen molar-refractivity contribution in [2.75, 3.05) is 9.80 Å². The van der Waals surface area contributed by atoms with E-state index in [0.717, 1.165) is 89.8 Å². The minimum absolute atomic E-state index is 0.202. The second-order valence-electron chi connectivity index (χ2n) is 32.5. The zero-order valence-electron chi connectivity index (χ0n) is 62.2. The van der Waals surface area contributed by atoms with Gasteiger partial charge in [-0.25, -0.2) is 0 Å². The number of anilines is 6. The van der Waals surface area contributed by atoms with Gasteiger partial charge in [0.25, 0.3) is 6.71 Å². The third-order valence-corrected chi connectivity index (χ3v) is 22.7. The highest BCUT2D eigenvalue weighted by atomic mass is 15.2. The molecule has 17 aromatic rings. The maximum absolute atomic E-state index is 2.74. The molecule has 0 atom stereocenters. The van der Waals surface area contributed by atoms with Crippen molar-refractivity contribution in [1.29, 1.82) is 0 Å². The van der Waals surface area contributed by atoms with E-state index in [4.69, 9.17) is 0 Å². The maximum Gasteiger partial charge on any atom is 0.252 e. The van der Waals surface area contributed by atoms with Crippen LogP contribution in [0.4, 0.5) is 34.1 Å². The van der Waals surface area contributed by atoms with Crippen LogP contribution in [0.3, 0.4) is 0 Å². The topological polar surface area (TPSA) is 16.3 Å². The van der Waals surface area contributed by atoms with Crippen molar-refractivity contribution in [3.8, 4) is 78.1 Å². The molecular formula is C102H83BN4. The van der Waals surface area contributed by atoms with Gasteiger partial charge in [-0.2, -0.15) is 0 Å². The molecule has 0 radical (unpaired) electrons. The van der Waals surface area contributed by atoms with Gasteiger partial charge in [0.05, 0.1) is 33.4 Å². The molecule has 514 valence electrons.